The van der Waals surface area contributed by atoms with Gasteiger partial charge in [0.2, 0.25) is 5.91 Å². The number of benzene rings is 1. The Morgan fingerprint density at radius 1 is 1.28 bits per heavy atom. The zero-order valence-electron chi connectivity index (χ0n) is 9.88. The summed E-state index contributed by atoms with van der Waals surface area (Å²) in [5.74, 6) is -1.08. The Balaban J connectivity index is 3.09. The van der Waals surface area contributed by atoms with Crippen LogP contribution in [0, 0.1) is 0 Å². The van der Waals surface area contributed by atoms with Crippen LogP contribution in [0.4, 0.5) is 5.69 Å². The number of amides is 2. The smallest absolute Gasteiger partial charge is 0.254 e. The molecule has 0 spiro atoms. The number of hydrogen-bond donors (Lipinski definition) is 3. The summed E-state index contributed by atoms with van der Waals surface area (Å²) in [7, 11) is 0. The number of nitrogens with one attached hydrogen (secondary N) is 1. The standard InChI is InChI=1S/C11H13Br2N3O2/c1-11(2,10(15)18)16-9(17)6-3-5(12)4-7(13)8(6)14/h3-4H,14H2,1-2H3,(H2,15,18)(H,16,17). The molecule has 0 bridgehead atoms. The first-order valence-electron chi connectivity index (χ1n) is 5.02. The molecule has 0 saturated heterocycles. The van der Waals surface area contributed by atoms with Crippen LogP contribution in [0.2, 0.25) is 0 Å². The molecule has 98 valence electrons. The van der Waals surface area contributed by atoms with Gasteiger partial charge in [0.05, 0.1) is 11.3 Å². The zero-order valence-corrected chi connectivity index (χ0v) is 13.1. The average Bonchev–Trinajstić information content (AvgIpc) is 2.22. The largest absolute Gasteiger partial charge is 0.397 e. The lowest BCUT2D eigenvalue weighted by molar-refractivity contribution is -0.122. The Kier molecular flexibility index (Phi) is 4.39. The van der Waals surface area contributed by atoms with Crippen molar-refractivity contribution in [2.75, 3.05) is 5.73 Å². The Morgan fingerprint density at radius 3 is 2.33 bits per heavy atom. The van der Waals surface area contributed by atoms with E-state index in [1.165, 1.54) is 13.8 Å². The molecule has 5 N–H and O–H groups in total. The van der Waals surface area contributed by atoms with Crippen LogP contribution in [-0.2, 0) is 4.79 Å². The Morgan fingerprint density at radius 2 is 1.83 bits per heavy atom. The summed E-state index contributed by atoms with van der Waals surface area (Å²) in [5.41, 5.74) is 10.4. The molecule has 0 aromatic heterocycles. The minimum absolute atomic E-state index is 0.269. The van der Waals surface area contributed by atoms with Gasteiger partial charge in [-0.15, -0.1) is 0 Å². The van der Waals surface area contributed by atoms with Gasteiger partial charge < -0.3 is 16.8 Å². The molecule has 0 fully saturated rings. The van der Waals surface area contributed by atoms with E-state index in [2.05, 4.69) is 37.2 Å². The van der Waals surface area contributed by atoms with Gasteiger partial charge >= 0.3 is 0 Å². The van der Waals surface area contributed by atoms with Gasteiger partial charge in [-0.3, -0.25) is 9.59 Å². The normalized spacial score (nSPS) is 11.1. The van der Waals surface area contributed by atoms with Crippen LogP contribution < -0.4 is 16.8 Å². The van der Waals surface area contributed by atoms with Gasteiger partial charge in [0.1, 0.15) is 5.54 Å². The molecule has 0 unspecified atom stereocenters. The highest BCUT2D eigenvalue weighted by Gasteiger charge is 2.28. The van der Waals surface area contributed by atoms with Gasteiger partial charge in [-0.1, -0.05) is 15.9 Å². The van der Waals surface area contributed by atoms with Gasteiger partial charge in [-0.2, -0.15) is 0 Å². The van der Waals surface area contributed by atoms with Crippen molar-refractivity contribution in [1.29, 1.82) is 0 Å². The average molecular weight is 379 g/mol. The molecule has 0 atom stereocenters. The van der Waals surface area contributed by atoms with Gasteiger partial charge in [0, 0.05) is 8.95 Å². The van der Waals surface area contributed by atoms with Gasteiger partial charge in [-0.05, 0) is 41.9 Å². The van der Waals surface area contributed by atoms with Crippen molar-refractivity contribution in [3.8, 4) is 0 Å². The fraction of sp³-hybridized carbons (Fsp3) is 0.273. The van der Waals surface area contributed by atoms with E-state index in [1.807, 2.05) is 0 Å². The SMILES string of the molecule is CC(C)(NC(=O)c1cc(Br)cc(Br)c1N)C(N)=O. The number of primary amides is 1. The first-order valence-corrected chi connectivity index (χ1v) is 6.60. The molecule has 0 saturated carbocycles. The van der Waals surface area contributed by atoms with Crippen LogP contribution in [0.3, 0.4) is 0 Å². The quantitative estimate of drug-likeness (QED) is 0.699. The molecule has 1 rings (SSSR count). The number of anilines is 1. The lowest BCUT2D eigenvalue weighted by atomic mass is 10.0. The monoisotopic (exact) mass is 377 g/mol. The number of nitrogen functional groups attached to an aromatic ring is 1. The third-order valence-electron chi connectivity index (χ3n) is 2.38. The van der Waals surface area contributed by atoms with Crippen LogP contribution in [-0.4, -0.2) is 17.4 Å². The Labute approximate surface area is 122 Å². The molecule has 0 aliphatic rings. The molecule has 1 aromatic rings. The molecule has 2 amide bonds. The fourth-order valence-electron chi connectivity index (χ4n) is 1.19. The van der Waals surface area contributed by atoms with Crippen molar-refractivity contribution >= 4 is 49.4 Å². The molecular formula is C11H13Br2N3O2. The maximum absolute atomic E-state index is 12.0. The van der Waals surface area contributed by atoms with Crippen LogP contribution in [0.1, 0.15) is 24.2 Å². The second-order valence-corrected chi connectivity index (χ2v) is 6.06. The highest BCUT2D eigenvalue weighted by atomic mass is 79.9. The summed E-state index contributed by atoms with van der Waals surface area (Å²) in [6, 6.07) is 3.30. The molecule has 0 aliphatic carbocycles. The van der Waals surface area contributed by atoms with Gasteiger partial charge in [0.25, 0.3) is 5.91 Å². The van der Waals surface area contributed by atoms with E-state index in [1.54, 1.807) is 12.1 Å². The van der Waals surface area contributed by atoms with E-state index in [9.17, 15) is 9.59 Å². The van der Waals surface area contributed by atoms with Crippen LogP contribution in [0.15, 0.2) is 21.1 Å². The maximum atomic E-state index is 12.0. The minimum atomic E-state index is -1.14. The topological polar surface area (TPSA) is 98.2 Å². The second-order valence-electron chi connectivity index (χ2n) is 4.29. The number of carbonyl (C=O) groups is 2. The number of carbonyl (C=O) groups excluding carboxylic acids is 2. The van der Waals surface area contributed by atoms with E-state index in [0.717, 1.165) is 0 Å². The third kappa shape index (κ3) is 3.23. The van der Waals surface area contributed by atoms with Crippen molar-refractivity contribution in [3.05, 3.63) is 26.6 Å². The van der Waals surface area contributed by atoms with Crippen LogP contribution >= 0.6 is 31.9 Å². The summed E-state index contributed by atoms with van der Waals surface area (Å²) in [6.07, 6.45) is 0. The van der Waals surface area contributed by atoms with E-state index >= 15 is 0 Å². The first kappa shape index (κ1) is 15.0. The van der Waals surface area contributed by atoms with Gasteiger partial charge in [-0.25, -0.2) is 0 Å². The van der Waals surface area contributed by atoms with E-state index in [0.29, 0.717) is 14.6 Å². The molecule has 5 nitrogen and oxygen atoms in total. The van der Waals surface area contributed by atoms with Crippen LogP contribution in [0.5, 0.6) is 0 Å². The Hall–Kier alpha value is -1.08. The first-order chi connectivity index (χ1) is 8.15. The maximum Gasteiger partial charge on any atom is 0.254 e. The number of halogens is 2. The second kappa shape index (κ2) is 5.27. The molecule has 7 heteroatoms. The summed E-state index contributed by atoms with van der Waals surface area (Å²) in [4.78, 5) is 23.2. The molecule has 0 heterocycles. The summed E-state index contributed by atoms with van der Waals surface area (Å²) in [6.45, 7) is 3.05. The highest BCUT2D eigenvalue weighted by molar-refractivity contribution is 9.11. The minimum Gasteiger partial charge on any atom is -0.397 e. The molecular weight excluding hydrogens is 366 g/mol. The summed E-state index contributed by atoms with van der Waals surface area (Å²) >= 11 is 6.51. The lowest BCUT2D eigenvalue weighted by Gasteiger charge is -2.22. The van der Waals surface area contributed by atoms with Crippen molar-refractivity contribution < 1.29 is 9.59 Å². The fourth-order valence-corrected chi connectivity index (χ4v) is 2.41. The number of nitrogens with two attached hydrogens (primary N) is 2. The third-order valence-corrected chi connectivity index (χ3v) is 3.49. The van der Waals surface area contributed by atoms with Gasteiger partial charge in [0.15, 0.2) is 0 Å². The molecule has 18 heavy (non-hydrogen) atoms. The lowest BCUT2D eigenvalue weighted by Crippen LogP contribution is -2.53. The summed E-state index contributed by atoms with van der Waals surface area (Å²) in [5, 5.41) is 2.53. The molecule has 0 radical (unpaired) electrons. The van der Waals surface area contributed by atoms with E-state index in [4.69, 9.17) is 11.5 Å². The zero-order chi connectivity index (χ0) is 14.1. The van der Waals surface area contributed by atoms with Crippen molar-refractivity contribution in [2.45, 2.75) is 19.4 Å². The predicted molar refractivity (Wildman–Crippen MR) is 77.0 cm³/mol. The highest BCUT2D eigenvalue weighted by Crippen LogP contribution is 2.28. The molecule has 1 aromatic carbocycles. The number of rotatable bonds is 3. The van der Waals surface area contributed by atoms with Crippen molar-refractivity contribution in [2.24, 2.45) is 5.73 Å². The summed E-state index contributed by atoms with van der Waals surface area (Å²) < 4.78 is 1.30. The van der Waals surface area contributed by atoms with Crippen molar-refractivity contribution in [3.63, 3.8) is 0 Å². The molecule has 0 aliphatic heterocycles. The van der Waals surface area contributed by atoms with E-state index in [-0.39, 0.29) is 5.56 Å². The number of hydrogen-bond acceptors (Lipinski definition) is 3. The van der Waals surface area contributed by atoms with Crippen molar-refractivity contribution in [1.82, 2.24) is 5.32 Å². The van der Waals surface area contributed by atoms with E-state index < -0.39 is 17.4 Å². The van der Waals surface area contributed by atoms with Crippen LogP contribution in [0.25, 0.3) is 0 Å². The Bertz CT molecular complexity index is 515. The predicted octanol–water partition coefficient (Wildman–Crippen LogP) is 1.79.